The van der Waals surface area contributed by atoms with Gasteiger partial charge in [0.05, 0.1) is 10.3 Å². The smallest absolute Gasteiger partial charge is 0.185 e. The molecule has 1 fully saturated rings. The topological polar surface area (TPSA) is 90.1 Å². The van der Waals surface area contributed by atoms with Crippen LogP contribution in [0.2, 0.25) is 0 Å². The van der Waals surface area contributed by atoms with Crippen molar-refractivity contribution < 1.29 is 13.2 Å². The Morgan fingerprint density at radius 3 is 2.90 bits per heavy atom. The van der Waals surface area contributed by atoms with E-state index in [1.54, 1.807) is 5.38 Å². The first-order valence-corrected chi connectivity index (χ1v) is 9.62. The van der Waals surface area contributed by atoms with Crippen LogP contribution < -0.4 is 5.73 Å². The first-order chi connectivity index (χ1) is 9.41. The average molecular weight is 316 g/mol. The molecule has 1 heterocycles. The Morgan fingerprint density at radius 2 is 2.25 bits per heavy atom. The van der Waals surface area contributed by atoms with Crippen LogP contribution in [0.3, 0.4) is 0 Å². The fourth-order valence-electron chi connectivity index (χ4n) is 2.64. The molecule has 2 unspecified atom stereocenters. The highest BCUT2D eigenvalue weighted by Gasteiger charge is 2.33. The van der Waals surface area contributed by atoms with Gasteiger partial charge in [0, 0.05) is 24.0 Å². The van der Waals surface area contributed by atoms with Crippen molar-refractivity contribution in [3.8, 4) is 0 Å². The van der Waals surface area contributed by atoms with Crippen molar-refractivity contribution in [3.05, 3.63) is 16.1 Å². The average Bonchev–Trinajstić information content (AvgIpc) is 2.86. The lowest BCUT2D eigenvalue weighted by molar-refractivity contribution is 0.0886. The van der Waals surface area contributed by atoms with Crippen molar-refractivity contribution in [1.82, 2.24) is 4.98 Å². The SMILES string of the molecule is CS(=O)(=O)C1CCCC(C(=O)c2csc(CCN)n2)C1. The molecule has 0 bridgehead atoms. The van der Waals surface area contributed by atoms with Crippen molar-refractivity contribution in [3.63, 3.8) is 0 Å². The number of ketones is 1. The minimum Gasteiger partial charge on any atom is -0.330 e. The summed E-state index contributed by atoms with van der Waals surface area (Å²) in [6, 6.07) is 0. The third kappa shape index (κ3) is 3.65. The van der Waals surface area contributed by atoms with Gasteiger partial charge < -0.3 is 5.73 Å². The van der Waals surface area contributed by atoms with E-state index < -0.39 is 9.84 Å². The van der Waals surface area contributed by atoms with Crippen LogP contribution in [-0.2, 0) is 16.3 Å². The molecule has 1 aromatic rings. The van der Waals surface area contributed by atoms with Crippen LogP contribution in [0.15, 0.2) is 5.38 Å². The van der Waals surface area contributed by atoms with Crippen molar-refractivity contribution in [2.45, 2.75) is 37.4 Å². The van der Waals surface area contributed by atoms with Crippen LogP contribution in [0.25, 0.3) is 0 Å². The Kier molecular flexibility index (Phi) is 4.93. The molecule has 0 amide bonds. The standard InChI is InChI=1S/C13H20N2O3S2/c1-20(17,18)10-4-2-3-9(7-10)13(16)11-8-19-12(15-11)5-6-14/h8-10H,2-7,14H2,1H3. The molecule has 1 saturated carbocycles. The molecule has 1 aliphatic carbocycles. The van der Waals surface area contributed by atoms with Gasteiger partial charge in [0.1, 0.15) is 15.5 Å². The number of Topliss-reactive ketones (excluding diaryl/α,β-unsaturated/α-hetero) is 1. The zero-order chi connectivity index (χ0) is 14.8. The molecule has 2 rings (SSSR count). The predicted octanol–water partition coefficient (Wildman–Crippen LogP) is 1.43. The molecule has 20 heavy (non-hydrogen) atoms. The fourth-order valence-corrected chi connectivity index (χ4v) is 4.62. The Bertz CT molecular complexity index is 580. The first kappa shape index (κ1) is 15.6. The molecular formula is C13H20N2O3S2. The first-order valence-electron chi connectivity index (χ1n) is 6.79. The van der Waals surface area contributed by atoms with Gasteiger partial charge >= 0.3 is 0 Å². The number of carbonyl (C=O) groups is 1. The minimum atomic E-state index is -3.06. The van der Waals surface area contributed by atoms with E-state index in [4.69, 9.17) is 5.73 Å². The maximum atomic E-state index is 12.4. The van der Waals surface area contributed by atoms with Crippen LogP contribution in [-0.4, -0.2) is 37.2 Å². The van der Waals surface area contributed by atoms with Gasteiger partial charge in [0.2, 0.25) is 0 Å². The van der Waals surface area contributed by atoms with E-state index in [1.807, 2.05) is 0 Å². The number of nitrogens with zero attached hydrogens (tertiary/aromatic N) is 1. The van der Waals surface area contributed by atoms with E-state index in [1.165, 1.54) is 17.6 Å². The van der Waals surface area contributed by atoms with Gasteiger partial charge in [-0.2, -0.15) is 0 Å². The summed E-state index contributed by atoms with van der Waals surface area (Å²) in [5.41, 5.74) is 5.94. The van der Waals surface area contributed by atoms with Gasteiger partial charge in [-0.3, -0.25) is 4.79 Å². The fraction of sp³-hybridized carbons (Fsp3) is 0.692. The van der Waals surface area contributed by atoms with Crippen molar-refractivity contribution in [2.24, 2.45) is 11.7 Å². The highest BCUT2D eigenvalue weighted by atomic mass is 32.2. The maximum absolute atomic E-state index is 12.4. The predicted molar refractivity (Wildman–Crippen MR) is 79.8 cm³/mol. The largest absolute Gasteiger partial charge is 0.330 e. The Labute approximate surface area is 123 Å². The van der Waals surface area contributed by atoms with Gasteiger partial charge in [-0.25, -0.2) is 13.4 Å². The van der Waals surface area contributed by atoms with Crippen LogP contribution in [0, 0.1) is 5.92 Å². The zero-order valence-electron chi connectivity index (χ0n) is 11.5. The highest BCUT2D eigenvalue weighted by molar-refractivity contribution is 7.91. The summed E-state index contributed by atoms with van der Waals surface area (Å²) in [7, 11) is -3.06. The van der Waals surface area contributed by atoms with Crippen LogP contribution >= 0.6 is 11.3 Å². The Morgan fingerprint density at radius 1 is 1.50 bits per heavy atom. The summed E-state index contributed by atoms with van der Waals surface area (Å²) >= 11 is 1.44. The van der Waals surface area contributed by atoms with Gasteiger partial charge in [-0.05, 0) is 25.8 Å². The number of hydrogen-bond acceptors (Lipinski definition) is 6. The van der Waals surface area contributed by atoms with E-state index in [0.29, 0.717) is 31.5 Å². The van der Waals surface area contributed by atoms with Crippen molar-refractivity contribution >= 4 is 27.0 Å². The van der Waals surface area contributed by atoms with Crippen molar-refractivity contribution in [1.29, 1.82) is 0 Å². The van der Waals surface area contributed by atoms with Gasteiger partial charge in [0.25, 0.3) is 0 Å². The monoisotopic (exact) mass is 316 g/mol. The Balaban J connectivity index is 2.08. The summed E-state index contributed by atoms with van der Waals surface area (Å²) in [6.45, 7) is 0.515. The molecular weight excluding hydrogens is 296 g/mol. The lowest BCUT2D eigenvalue weighted by Crippen LogP contribution is -2.31. The van der Waals surface area contributed by atoms with E-state index in [2.05, 4.69) is 4.98 Å². The summed E-state index contributed by atoms with van der Waals surface area (Å²) in [6.07, 6.45) is 4.57. The zero-order valence-corrected chi connectivity index (χ0v) is 13.2. The second kappa shape index (κ2) is 6.32. The van der Waals surface area contributed by atoms with Gasteiger partial charge in [0.15, 0.2) is 5.78 Å². The lowest BCUT2D eigenvalue weighted by Gasteiger charge is -2.26. The molecule has 0 saturated heterocycles. The summed E-state index contributed by atoms with van der Waals surface area (Å²) in [5.74, 6) is -0.228. The molecule has 0 aliphatic heterocycles. The molecule has 2 N–H and O–H groups in total. The summed E-state index contributed by atoms with van der Waals surface area (Å²) in [5, 5.41) is 2.25. The van der Waals surface area contributed by atoms with Crippen molar-refractivity contribution in [2.75, 3.05) is 12.8 Å². The maximum Gasteiger partial charge on any atom is 0.185 e. The third-order valence-electron chi connectivity index (χ3n) is 3.76. The molecule has 5 nitrogen and oxygen atoms in total. The van der Waals surface area contributed by atoms with E-state index in [-0.39, 0.29) is 17.0 Å². The van der Waals surface area contributed by atoms with E-state index in [9.17, 15) is 13.2 Å². The number of aromatic nitrogens is 1. The summed E-state index contributed by atoms with van der Waals surface area (Å²) < 4.78 is 23.3. The van der Waals surface area contributed by atoms with E-state index in [0.717, 1.165) is 17.8 Å². The molecule has 0 aromatic carbocycles. The molecule has 0 spiro atoms. The molecule has 0 radical (unpaired) electrons. The van der Waals surface area contributed by atoms with Crippen LogP contribution in [0.4, 0.5) is 0 Å². The quantitative estimate of drug-likeness (QED) is 0.830. The van der Waals surface area contributed by atoms with Gasteiger partial charge in [-0.1, -0.05) is 6.42 Å². The third-order valence-corrected chi connectivity index (χ3v) is 6.31. The molecule has 1 aliphatic rings. The molecule has 1 aromatic heterocycles. The van der Waals surface area contributed by atoms with Crippen LogP contribution in [0.5, 0.6) is 0 Å². The number of thiazole rings is 1. The number of hydrogen-bond donors (Lipinski definition) is 1. The molecule has 2 atom stereocenters. The number of carbonyl (C=O) groups excluding carboxylic acids is 1. The lowest BCUT2D eigenvalue weighted by atomic mass is 9.85. The Hall–Kier alpha value is -0.790. The number of sulfone groups is 1. The number of rotatable bonds is 5. The van der Waals surface area contributed by atoms with E-state index >= 15 is 0 Å². The number of nitrogens with two attached hydrogens (primary N) is 1. The highest BCUT2D eigenvalue weighted by Crippen LogP contribution is 2.31. The second-order valence-corrected chi connectivity index (χ2v) is 8.61. The van der Waals surface area contributed by atoms with Gasteiger partial charge in [-0.15, -0.1) is 11.3 Å². The molecule has 7 heteroatoms. The minimum absolute atomic E-state index is 0.0159. The normalized spacial score (nSPS) is 23.7. The second-order valence-electron chi connectivity index (χ2n) is 5.34. The van der Waals surface area contributed by atoms with Crippen LogP contribution in [0.1, 0.15) is 41.2 Å². The summed E-state index contributed by atoms with van der Waals surface area (Å²) in [4.78, 5) is 16.7. The molecule has 112 valence electrons.